The Morgan fingerprint density at radius 1 is 0.902 bits per heavy atom. The first-order valence-corrected chi connectivity index (χ1v) is 16.8. The number of aliphatic hydroxyl groups is 1. The molecule has 3 aromatic carbocycles. The third-order valence-corrected chi connectivity index (χ3v) is 9.17. The van der Waals surface area contributed by atoms with Crippen molar-refractivity contribution < 1.29 is 23.0 Å². The predicted molar refractivity (Wildman–Crippen MR) is 187 cm³/mol. The van der Waals surface area contributed by atoms with Crippen LogP contribution in [0.2, 0.25) is 0 Å². The van der Waals surface area contributed by atoms with Crippen molar-refractivity contribution in [3.8, 4) is 22.8 Å². The Morgan fingerprint density at radius 3 is 2.18 bits per heavy atom. The van der Waals surface area contributed by atoms with E-state index >= 15 is 0 Å². The Balaban J connectivity index is 0.976. The molecule has 14 heteroatoms. The molecule has 0 spiro atoms. The molecular formula is C37H38F2N8O4. The third-order valence-electron chi connectivity index (χ3n) is 9.17. The van der Waals surface area contributed by atoms with Gasteiger partial charge in [-0.05, 0) is 80.1 Å². The van der Waals surface area contributed by atoms with E-state index < -0.39 is 17.7 Å². The van der Waals surface area contributed by atoms with Gasteiger partial charge in [0.05, 0.1) is 23.4 Å². The van der Waals surface area contributed by atoms with Gasteiger partial charge in [-0.2, -0.15) is 10.1 Å². The van der Waals surface area contributed by atoms with E-state index in [0.717, 1.165) is 49.3 Å². The standard InChI is InChI=1S/C37H38F2N8O4/c1-3-35(25(2)48)47-37(49)41-24-46(47)30-7-5-28(6-8-30)43-14-16-44(17-15-43)29-9-11-31(12-10-29)50-21-26-18-32(20-45-23-40-22-42-45)51-36(26)33-13-4-27(38)19-34(33)39/h4-13,18-19,22-25,35,48H,3,14-17,20-21H2,1-2H3/t25-,35+/m0/s1. The molecule has 51 heavy (non-hydrogen) atoms. The zero-order chi connectivity index (χ0) is 35.5. The van der Waals surface area contributed by atoms with E-state index in [1.165, 1.54) is 29.5 Å². The molecule has 7 rings (SSSR count). The van der Waals surface area contributed by atoms with Crippen LogP contribution < -0.4 is 20.2 Å². The van der Waals surface area contributed by atoms with Crippen LogP contribution in [0.15, 0.2) is 101 Å². The minimum atomic E-state index is -0.723. The fourth-order valence-corrected chi connectivity index (χ4v) is 6.52. The summed E-state index contributed by atoms with van der Waals surface area (Å²) in [7, 11) is 0. The summed E-state index contributed by atoms with van der Waals surface area (Å²) in [4.78, 5) is 25.0. The number of piperazine rings is 1. The van der Waals surface area contributed by atoms with Crippen LogP contribution in [0.3, 0.4) is 0 Å². The third kappa shape index (κ3) is 7.26. The van der Waals surface area contributed by atoms with E-state index in [0.29, 0.717) is 30.0 Å². The number of halogens is 2. The minimum absolute atomic E-state index is 0.114. The molecule has 12 nitrogen and oxygen atoms in total. The summed E-state index contributed by atoms with van der Waals surface area (Å²) < 4.78 is 45.3. The van der Waals surface area contributed by atoms with Crippen molar-refractivity contribution in [2.45, 2.75) is 45.6 Å². The number of benzene rings is 3. The lowest BCUT2D eigenvalue weighted by molar-refractivity contribution is 0.114. The monoisotopic (exact) mass is 696 g/mol. The Morgan fingerprint density at radius 2 is 1.57 bits per heavy atom. The van der Waals surface area contributed by atoms with Crippen molar-refractivity contribution in [2.24, 2.45) is 0 Å². The number of ether oxygens (including phenoxy) is 1. The number of hydrogen-bond donors (Lipinski definition) is 1. The highest BCUT2D eigenvalue weighted by Crippen LogP contribution is 2.32. The predicted octanol–water partition coefficient (Wildman–Crippen LogP) is 5.45. The summed E-state index contributed by atoms with van der Waals surface area (Å²) in [5, 5.41) is 14.3. The number of hydrogen-bond acceptors (Lipinski definition) is 9. The van der Waals surface area contributed by atoms with Gasteiger partial charge in [-0.15, -0.1) is 0 Å². The molecule has 6 aromatic rings. The molecular weight excluding hydrogens is 658 g/mol. The summed E-state index contributed by atoms with van der Waals surface area (Å²) in [6.45, 7) is 7.33. The molecule has 1 fully saturated rings. The maximum Gasteiger partial charge on any atom is 0.364 e. The van der Waals surface area contributed by atoms with Crippen LogP contribution in [0.25, 0.3) is 17.0 Å². The van der Waals surface area contributed by atoms with Gasteiger partial charge in [0.1, 0.15) is 61.0 Å². The van der Waals surface area contributed by atoms with Crippen LogP contribution >= 0.6 is 0 Å². The highest BCUT2D eigenvalue weighted by molar-refractivity contribution is 5.63. The maximum atomic E-state index is 14.8. The van der Waals surface area contributed by atoms with Gasteiger partial charge in [-0.3, -0.25) is 0 Å². The fourth-order valence-electron chi connectivity index (χ4n) is 6.52. The molecule has 0 aliphatic carbocycles. The Hall–Kier alpha value is -5.76. The summed E-state index contributed by atoms with van der Waals surface area (Å²) in [5.41, 5.74) is 3.34. The van der Waals surface area contributed by atoms with Crippen molar-refractivity contribution >= 4 is 11.4 Å². The molecule has 4 heterocycles. The lowest BCUT2D eigenvalue weighted by atomic mass is 10.1. The highest BCUT2D eigenvalue weighted by Gasteiger charge is 2.23. The number of aliphatic hydroxyl groups excluding tert-OH is 1. The summed E-state index contributed by atoms with van der Waals surface area (Å²) in [5.74, 6) is 0.0582. The number of nitrogens with zero attached hydrogens (tertiary/aromatic N) is 8. The van der Waals surface area contributed by atoms with Crippen molar-refractivity contribution in [1.29, 1.82) is 0 Å². The first-order chi connectivity index (χ1) is 24.8. The van der Waals surface area contributed by atoms with Crippen LogP contribution in [0.4, 0.5) is 20.2 Å². The molecule has 0 bridgehead atoms. The molecule has 264 valence electrons. The molecule has 0 unspecified atom stereocenters. The van der Waals surface area contributed by atoms with E-state index in [4.69, 9.17) is 9.15 Å². The lowest BCUT2D eigenvalue weighted by Crippen LogP contribution is -2.46. The summed E-state index contributed by atoms with van der Waals surface area (Å²) in [6, 6.07) is 20.7. The van der Waals surface area contributed by atoms with Crippen LogP contribution in [0.5, 0.6) is 5.75 Å². The second-order valence-electron chi connectivity index (χ2n) is 12.5. The number of anilines is 2. The topological polar surface area (TPSA) is 120 Å². The van der Waals surface area contributed by atoms with Gasteiger partial charge in [0.25, 0.3) is 0 Å². The van der Waals surface area contributed by atoms with Gasteiger partial charge in [0.15, 0.2) is 0 Å². The Bertz CT molecular complexity index is 2120. The van der Waals surface area contributed by atoms with Gasteiger partial charge in [-0.25, -0.2) is 32.6 Å². The largest absolute Gasteiger partial charge is 0.489 e. The smallest absolute Gasteiger partial charge is 0.364 e. The normalized spacial score (nSPS) is 14.5. The quantitative estimate of drug-likeness (QED) is 0.178. The van der Waals surface area contributed by atoms with E-state index in [1.54, 1.807) is 28.7 Å². The molecule has 0 radical (unpaired) electrons. The molecule has 1 saturated heterocycles. The van der Waals surface area contributed by atoms with Gasteiger partial charge in [0, 0.05) is 49.2 Å². The number of aromatic nitrogens is 6. The average Bonchev–Trinajstić information content (AvgIpc) is 3.89. The first-order valence-electron chi connectivity index (χ1n) is 16.8. The van der Waals surface area contributed by atoms with Crippen molar-refractivity contribution in [3.05, 3.63) is 125 Å². The van der Waals surface area contributed by atoms with Crippen LogP contribution in [-0.2, 0) is 13.2 Å². The molecule has 2 atom stereocenters. The molecule has 1 N–H and O–H groups in total. The van der Waals surface area contributed by atoms with Gasteiger partial charge in [0.2, 0.25) is 0 Å². The molecule has 1 aliphatic heterocycles. The second kappa shape index (κ2) is 14.6. The van der Waals surface area contributed by atoms with Crippen LogP contribution in [-0.4, -0.2) is 66.5 Å². The van der Waals surface area contributed by atoms with E-state index in [1.807, 2.05) is 55.5 Å². The molecule has 3 aromatic heterocycles. The number of furan rings is 1. The number of rotatable bonds is 12. The average molecular weight is 697 g/mol. The Labute approximate surface area is 292 Å². The summed E-state index contributed by atoms with van der Waals surface area (Å²) >= 11 is 0. The minimum Gasteiger partial charge on any atom is -0.489 e. The van der Waals surface area contributed by atoms with Crippen molar-refractivity contribution in [3.63, 3.8) is 0 Å². The van der Waals surface area contributed by atoms with Crippen LogP contribution in [0.1, 0.15) is 37.6 Å². The summed E-state index contributed by atoms with van der Waals surface area (Å²) in [6.07, 6.45) is 4.39. The fraction of sp³-hybridized carbons (Fsp3) is 0.297. The Kier molecular flexibility index (Phi) is 9.66. The lowest BCUT2D eigenvalue weighted by Gasteiger charge is -2.37. The second-order valence-corrected chi connectivity index (χ2v) is 12.5. The van der Waals surface area contributed by atoms with Gasteiger partial charge >= 0.3 is 5.69 Å². The zero-order valence-corrected chi connectivity index (χ0v) is 28.3. The van der Waals surface area contributed by atoms with Crippen molar-refractivity contribution in [2.75, 3.05) is 36.0 Å². The molecule has 1 aliphatic rings. The van der Waals surface area contributed by atoms with Gasteiger partial charge in [-0.1, -0.05) is 6.92 Å². The molecule has 0 saturated carbocycles. The zero-order valence-electron chi connectivity index (χ0n) is 28.3. The van der Waals surface area contributed by atoms with E-state index in [-0.39, 0.29) is 29.7 Å². The first kappa shape index (κ1) is 33.7. The van der Waals surface area contributed by atoms with Gasteiger partial charge < -0.3 is 24.1 Å². The van der Waals surface area contributed by atoms with E-state index in [9.17, 15) is 18.7 Å². The highest BCUT2D eigenvalue weighted by atomic mass is 19.1. The van der Waals surface area contributed by atoms with Crippen LogP contribution in [0, 0.1) is 11.6 Å². The van der Waals surface area contributed by atoms with E-state index in [2.05, 4.69) is 24.9 Å². The van der Waals surface area contributed by atoms with Crippen molar-refractivity contribution in [1.82, 2.24) is 29.1 Å². The SMILES string of the molecule is CC[C@H]([C@H](C)O)n1c(=O)ncn1-c1ccc(N2CCN(c3ccc(OCc4cc(Cn5cncn5)oc4-c4ccc(F)cc4F)cc3)CC2)cc1. The molecule has 0 amide bonds. The maximum absolute atomic E-state index is 14.8.